The lowest BCUT2D eigenvalue weighted by molar-refractivity contribution is -0.148. The lowest BCUT2D eigenvalue weighted by Crippen LogP contribution is -2.36. The van der Waals surface area contributed by atoms with Gasteiger partial charge in [-0.25, -0.2) is 4.98 Å². The average molecular weight is 282 g/mol. The molecule has 3 atom stereocenters. The van der Waals surface area contributed by atoms with Gasteiger partial charge in [-0.15, -0.1) is 11.3 Å². The largest absolute Gasteiger partial charge is 0.481 e. The highest BCUT2D eigenvalue weighted by Gasteiger charge is 2.42. The van der Waals surface area contributed by atoms with E-state index < -0.39 is 17.8 Å². The molecule has 1 saturated carbocycles. The predicted molar refractivity (Wildman–Crippen MR) is 71.6 cm³/mol. The standard InChI is InChI=1S/C13H18N2O3S/c1-8-3-10(11(4-8)13(17)18)12(16)15(2)5-9-6-19-7-14-9/h6-8,10-11H,3-5H2,1-2H3,(H,17,18)/t8?,10-,11+/m0/s1. The molecule has 19 heavy (non-hydrogen) atoms. The van der Waals surface area contributed by atoms with E-state index in [1.165, 1.54) is 11.3 Å². The summed E-state index contributed by atoms with van der Waals surface area (Å²) in [6, 6.07) is 0. The van der Waals surface area contributed by atoms with E-state index in [1.54, 1.807) is 17.5 Å². The van der Waals surface area contributed by atoms with Crippen LogP contribution in [-0.4, -0.2) is 33.9 Å². The van der Waals surface area contributed by atoms with Crippen LogP contribution in [0.15, 0.2) is 10.9 Å². The van der Waals surface area contributed by atoms with Crippen LogP contribution >= 0.6 is 11.3 Å². The first-order valence-corrected chi connectivity index (χ1v) is 7.28. The van der Waals surface area contributed by atoms with Gasteiger partial charge in [0, 0.05) is 12.4 Å². The Bertz CT molecular complexity index is 460. The number of amides is 1. The Hall–Kier alpha value is -1.43. The fraction of sp³-hybridized carbons (Fsp3) is 0.615. The van der Waals surface area contributed by atoms with E-state index in [1.807, 2.05) is 12.3 Å². The van der Waals surface area contributed by atoms with Gasteiger partial charge >= 0.3 is 5.97 Å². The average Bonchev–Trinajstić information content (AvgIpc) is 2.97. The fourth-order valence-electron chi connectivity index (χ4n) is 2.76. The SMILES string of the molecule is CC1C[C@H](C(=O)N(C)Cc2cscn2)[C@H](C(=O)O)C1. The number of hydrogen-bond donors (Lipinski definition) is 1. The maximum absolute atomic E-state index is 12.4. The number of aromatic nitrogens is 1. The highest BCUT2D eigenvalue weighted by molar-refractivity contribution is 7.07. The zero-order valence-electron chi connectivity index (χ0n) is 11.1. The zero-order chi connectivity index (χ0) is 14.0. The van der Waals surface area contributed by atoms with Gasteiger partial charge in [0.2, 0.25) is 5.91 Å². The summed E-state index contributed by atoms with van der Waals surface area (Å²) in [7, 11) is 1.71. The summed E-state index contributed by atoms with van der Waals surface area (Å²) in [5.74, 6) is -1.58. The van der Waals surface area contributed by atoms with Crippen molar-refractivity contribution in [2.75, 3.05) is 7.05 Å². The molecule has 0 aliphatic heterocycles. The Morgan fingerprint density at radius 2 is 2.16 bits per heavy atom. The van der Waals surface area contributed by atoms with Crippen molar-refractivity contribution in [3.8, 4) is 0 Å². The maximum Gasteiger partial charge on any atom is 0.307 e. The van der Waals surface area contributed by atoms with E-state index in [2.05, 4.69) is 4.98 Å². The molecule has 2 rings (SSSR count). The number of hydrogen-bond acceptors (Lipinski definition) is 4. The third kappa shape index (κ3) is 3.12. The van der Waals surface area contributed by atoms with Crippen molar-refractivity contribution in [3.63, 3.8) is 0 Å². The number of carbonyl (C=O) groups is 2. The lowest BCUT2D eigenvalue weighted by Gasteiger charge is -2.22. The molecule has 6 heteroatoms. The Labute approximate surface area is 116 Å². The normalized spacial score (nSPS) is 26.3. The van der Waals surface area contributed by atoms with Gasteiger partial charge in [-0.1, -0.05) is 6.92 Å². The van der Waals surface area contributed by atoms with Crippen molar-refractivity contribution < 1.29 is 14.7 Å². The molecule has 104 valence electrons. The Morgan fingerprint density at radius 3 is 2.74 bits per heavy atom. The second-order valence-electron chi connectivity index (χ2n) is 5.30. The third-order valence-electron chi connectivity index (χ3n) is 3.69. The molecule has 1 unspecified atom stereocenters. The molecule has 1 aromatic rings. The topological polar surface area (TPSA) is 70.5 Å². The molecule has 1 aliphatic carbocycles. The van der Waals surface area contributed by atoms with Crippen LogP contribution in [0.1, 0.15) is 25.5 Å². The molecule has 5 nitrogen and oxygen atoms in total. The van der Waals surface area contributed by atoms with Crippen LogP contribution in [0.3, 0.4) is 0 Å². The maximum atomic E-state index is 12.4. The van der Waals surface area contributed by atoms with Gasteiger partial charge in [0.15, 0.2) is 0 Å². The second kappa shape index (κ2) is 5.69. The third-order valence-corrected chi connectivity index (χ3v) is 4.33. The first-order valence-electron chi connectivity index (χ1n) is 6.34. The summed E-state index contributed by atoms with van der Waals surface area (Å²) >= 11 is 1.49. The number of aliphatic carboxylic acids is 1. The van der Waals surface area contributed by atoms with Gasteiger partial charge < -0.3 is 10.0 Å². The fourth-order valence-corrected chi connectivity index (χ4v) is 3.31. The number of thiazole rings is 1. The summed E-state index contributed by atoms with van der Waals surface area (Å²) in [5.41, 5.74) is 2.57. The molecule has 1 fully saturated rings. The number of rotatable bonds is 4. The number of carboxylic acids is 1. The Balaban J connectivity index is 2.03. The van der Waals surface area contributed by atoms with Gasteiger partial charge in [-0.3, -0.25) is 9.59 Å². The van der Waals surface area contributed by atoms with Crippen molar-refractivity contribution >= 4 is 23.2 Å². The smallest absolute Gasteiger partial charge is 0.307 e. The monoisotopic (exact) mass is 282 g/mol. The summed E-state index contributed by atoms with van der Waals surface area (Å²) in [5, 5.41) is 11.1. The van der Waals surface area contributed by atoms with E-state index in [0.717, 1.165) is 5.69 Å². The van der Waals surface area contributed by atoms with E-state index in [-0.39, 0.29) is 5.91 Å². The van der Waals surface area contributed by atoms with E-state index in [4.69, 9.17) is 0 Å². The molecule has 0 spiro atoms. The lowest BCUT2D eigenvalue weighted by atomic mass is 9.95. The molecule has 1 aliphatic rings. The molecule has 1 heterocycles. The minimum Gasteiger partial charge on any atom is -0.481 e. The van der Waals surface area contributed by atoms with Crippen molar-refractivity contribution in [3.05, 3.63) is 16.6 Å². The highest BCUT2D eigenvalue weighted by atomic mass is 32.1. The predicted octanol–water partition coefficient (Wildman–Crippen LogP) is 1.85. The summed E-state index contributed by atoms with van der Waals surface area (Å²) in [4.78, 5) is 29.3. The Kier molecular flexibility index (Phi) is 4.19. The van der Waals surface area contributed by atoms with Crippen LogP contribution in [0.5, 0.6) is 0 Å². The van der Waals surface area contributed by atoms with E-state index in [0.29, 0.717) is 25.3 Å². The zero-order valence-corrected chi connectivity index (χ0v) is 11.9. The van der Waals surface area contributed by atoms with Gasteiger partial charge in [0.25, 0.3) is 0 Å². The second-order valence-corrected chi connectivity index (χ2v) is 6.02. The van der Waals surface area contributed by atoms with Crippen molar-refractivity contribution in [1.29, 1.82) is 0 Å². The molecular weight excluding hydrogens is 264 g/mol. The van der Waals surface area contributed by atoms with Gasteiger partial charge in [-0.2, -0.15) is 0 Å². The van der Waals surface area contributed by atoms with Crippen LogP contribution in [-0.2, 0) is 16.1 Å². The molecule has 1 aromatic heterocycles. The number of nitrogens with zero attached hydrogens (tertiary/aromatic N) is 2. The van der Waals surface area contributed by atoms with E-state index in [9.17, 15) is 14.7 Å². The van der Waals surface area contributed by atoms with Crippen molar-refractivity contribution in [1.82, 2.24) is 9.88 Å². The van der Waals surface area contributed by atoms with Crippen LogP contribution in [0, 0.1) is 17.8 Å². The number of carbonyl (C=O) groups excluding carboxylic acids is 1. The molecule has 0 bridgehead atoms. The minimum absolute atomic E-state index is 0.0789. The van der Waals surface area contributed by atoms with Gasteiger partial charge in [0.1, 0.15) is 0 Å². The van der Waals surface area contributed by atoms with Crippen LogP contribution in [0.2, 0.25) is 0 Å². The van der Waals surface area contributed by atoms with Gasteiger partial charge in [-0.05, 0) is 18.8 Å². The Morgan fingerprint density at radius 1 is 1.47 bits per heavy atom. The molecule has 1 N–H and O–H groups in total. The molecule has 1 amide bonds. The van der Waals surface area contributed by atoms with E-state index >= 15 is 0 Å². The van der Waals surface area contributed by atoms with Crippen molar-refractivity contribution in [2.45, 2.75) is 26.3 Å². The van der Waals surface area contributed by atoms with Gasteiger partial charge in [0.05, 0.1) is 29.6 Å². The molecule has 0 radical (unpaired) electrons. The highest BCUT2D eigenvalue weighted by Crippen LogP contribution is 2.37. The van der Waals surface area contributed by atoms with Crippen molar-refractivity contribution in [2.24, 2.45) is 17.8 Å². The first-order chi connectivity index (χ1) is 8.99. The quantitative estimate of drug-likeness (QED) is 0.915. The minimum atomic E-state index is -0.857. The van der Waals surface area contributed by atoms with Crippen LogP contribution in [0.4, 0.5) is 0 Å². The first kappa shape index (κ1) is 14.0. The summed E-state index contributed by atoms with van der Waals surface area (Å²) in [6.07, 6.45) is 1.26. The molecule has 0 saturated heterocycles. The molecule has 0 aromatic carbocycles. The summed E-state index contributed by atoms with van der Waals surface area (Å²) in [6.45, 7) is 2.45. The molecular formula is C13H18N2O3S. The summed E-state index contributed by atoms with van der Waals surface area (Å²) < 4.78 is 0. The van der Waals surface area contributed by atoms with Crippen LogP contribution < -0.4 is 0 Å². The number of carboxylic acid groups (broad SMARTS) is 1. The van der Waals surface area contributed by atoms with Crippen LogP contribution in [0.25, 0.3) is 0 Å².